The summed E-state index contributed by atoms with van der Waals surface area (Å²) in [5.41, 5.74) is 3.72. The van der Waals surface area contributed by atoms with Gasteiger partial charge in [0, 0.05) is 44.8 Å². The minimum Gasteiger partial charge on any atom is -0.379 e. The second-order valence-electron chi connectivity index (χ2n) is 6.90. The number of nitrogens with one attached hydrogen (secondary N) is 2. The van der Waals surface area contributed by atoms with Gasteiger partial charge in [0.15, 0.2) is 5.96 Å². The van der Waals surface area contributed by atoms with Crippen molar-refractivity contribution in [3.63, 3.8) is 0 Å². The van der Waals surface area contributed by atoms with Gasteiger partial charge in [-0.3, -0.25) is 9.89 Å². The molecule has 0 saturated carbocycles. The number of aliphatic imine (C=N–C) groups is 1. The Bertz CT molecular complexity index is 764. The quantitative estimate of drug-likeness (QED) is 0.327. The van der Waals surface area contributed by atoms with E-state index in [0.29, 0.717) is 0 Å². The van der Waals surface area contributed by atoms with Crippen LogP contribution in [0.4, 0.5) is 0 Å². The lowest BCUT2D eigenvalue weighted by Crippen LogP contribution is -2.37. The molecule has 0 amide bonds. The Morgan fingerprint density at radius 2 is 1.72 bits per heavy atom. The highest BCUT2D eigenvalue weighted by Gasteiger charge is 2.10. The van der Waals surface area contributed by atoms with Crippen molar-refractivity contribution in [3.8, 4) is 0 Å². The first-order valence-electron chi connectivity index (χ1n) is 9.80. The molecule has 0 aromatic heterocycles. The molecule has 0 unspecified atom stereocenters. The maximum Gasteiger partial charge on any atom is 0.191 e. The molecule has 5 nitrogen and oxygen atoms in total. The zero-order valence-corrected chi connectivity index (χ0v) is 20.0. The molecule has 7 heteroatoms. The first kappa shape index (κ1) is 23.9. The third-order valence-electron chi connectivity index (χ3n) is 4.86. The number of hydrogen-bond acceptors (Lipinski definition) is 3. The number of benzene rings is 2. The minimum atomic E-state index is 0. The van der Waals surface area contributed by atoms with Crippen LogP contribution < -0.4 is 10.6 Å². The summed E-state index contributed by atoms with van der Waals surface area (Å²) in [6.07, 6.45) is 0.858. The van der Waals surface area contributed by atoms with Gasteiger partial charge >= 0.3 is 0 Å². The number of ether oxygens (including phenoxy) is 1. The van der Waals surface area contributed by atoms with Crippen molar-refractivity contribution in [2.45, 2.75) is 19.5 Å². The van der Waals surface area contributed by atoms with Gasteiger partial charge in [-0.15, -0.1) is 24.0 Å². The summed E-state index contributed by atoms with van der Waals surface area (Å²) >= 11 is 6.21. The van der Waals surface area contributed by atoms with Gasteiger partial charge in [-0.1, -0.05) is 54.1 Å². The van der Waals surface area contributed by atoms with Crippen molar-refractivity contribution in [1.82, 2.24) is 15.5 Å². The number of hydrogen-bond donors (Lipinski definition) is 2. The Kier molecular flexibility index (Phi) is 10.8. The Morgan fingerprint density at radius 3 is 2.41 bits per heavy atom. The van der Waals surface area contributed by atoms with Crippen LogP contribution in [0.2, 0.25) is 5.02 Å². The van der Waals surface area contributed by atoms with E-state index in [1.165, 1.54) is 11.1 Å². The van der Waals surface area contributed by atoms with Gasteiger partial charge in [-0.25, -0.2) is 0 Å². The molecule has 2 aromatic carbocycles. The summed E-state index contributed by atoms with van der Waals surface area (Å²) in [7, 11) is 1.79. The average Bonchev–Trinajstić information content (AvgIpc) is 2.73. The lowest BCUT2D eigenvalue weighted by Gasteiger charge is -2.26. The molecule has 0 atom stereocenters. The van der Waals surface area contributed by atoms with Crippen LogP contribution in [0.1, 0.15) is 16.7 Å². The van der Waals surface area contributed by atoms with Crippen molar-refractivity contribution in [2.24, 2.45) is 4.99 Å². The second kappa shape index (κ2) is 13.1. The van der Waals surface area contributed by atoms with Gasteiger partial charge in [-0.05, 0) is 29.2 Å². The standard InChI is InChI=1S/C22H29ClN4O.HI/c1-24-22(25-11-10-20-4-2-3-5-21(20)23)26-16-18-6-8-19(9-7-18)17-27-12-14-28-15-13-27;/h2-9H,10-17H2,1H3,(H2,24,25,26);1H. The van der Waals surface area contributed by atoms with E-state index in [2.05, 4.69) is 50.9 Å². The van der Waals surface area contributed by atoms with Gasteiger partial charge < -0.3 is 15.4 Å². The molecule has 1 heterocycles. The molecule has 0 spiro atoms. The topological polar surface area (TPSA) is 48.9 Å². The van der Waals surface area contributed by atoms with E-state index >= 15 is 0 Å². The molecule has 0 bridgehead atoms. The largest absolute Gasteiger partial charge is 0.379 e. The molecule has 2 aromatic rings. The van der Waals surface area contributed by atoms with E-state index < -0.39 is 0 Å². The van der Waals surface area contributed by atoms with Crippen LogP contribution in [0, 0.1) is 0 Å². The zero-order chi connectivity index (χ0) is 19.6. The molecule has 2 N–H and O–H groups in total. The SMILES string of the molecule is CN=C(NCCc1ccccc1Cl)NCc1ccc(CN2CCOCC2)cc1.I. The molecule has 1 fully saturated rings. The van der Waals surface area contributed by atoms with Gasteiger partial charge in [0.1, 0.15) is 0 Å². The second-order valence-corrected chi connectivity index (χ2v) is 7.31. The number of rotatable bonds is 7. The fraction of sp³-hybridized carbons (Fsp3) is 0.409. The summed E-state index contributed by atoms with van der Waals surface area (Å²) in [5, 5.41) is 7.52. The highest BCUT2D eigenvalue weighted by Crippen LogP contribution is 2.14. The van der Waals surface area contributed by atoms with E-state index in [-0.39, 0.29) is 24.0 Å². The molecule has 29 heavy (non-hydrogen) atoms. The van der Waals surface area contributed by atoms with Crippen LogP contribution in [-0.2, 0) is 24.2 Å². The molecular weight excluding hydrogens is 499 g/mol. The summed E-state index contributed by atoms with van der Waals surface area (Å²) < 4.78 is 5.41. The van der Waals surface area contributed by atoms with Crippen molar-refractivity contribution >= 4 is 41.5 Å². The molecule has 0 radical (unpaired) electrons. The van der Waals surface area contributed by atoms with E-state index in [4.69, 9.17) is 16.3 Å². The van der Waals surface area contributed by atoms with Crippen LogP contribution in [0.5, 0.6) is 0 Å². The monoisotopic (exact) mass is 528 g/mol. The number of morpholine rings is 1. The van der Waals surface area contributed by atoms with Crippen LogP contribution in [0.15, 0.2) is 53.5 Å². The molecule has 3 rings (SSSR count). The highest BCUT2D eigenvalue weighted by atomic mass is 127. The summed E-state index contributed by atoms with van der Waals surface area (Å²) in [4.78, 5) is 6.73. The normalized spacial score (nSPS) is 14.9. The summed E-state index contributed by atoms with van der Waals surface area (Å²) in [5.74, 6) is 0.796. The first-order chi connectivity index (χ1) is 13.7. The fourth-order valence-electron chi connectivity index (χ4n) is 3.20. The Morgan fingerprint density at radius 1 is 1.03 bits per heavy atom. The number of halogens is 2. The maximum atomic E-state index is 6.21. The van der Waals surface area contributed by atoms with Crippen molar-refractivity contribution in [3.05, 3.63) is 70.2 Å². The lowest BCUT2D eigenvalue weighted by atomic mass is 10.1. The van der Waals surface area contributed by atoms with E-state index in [0.717, 1.165) is 68.9 Å². The molecule has 1 aliphatic heterocycles. The van der Waals surface area contributed by atoms with Crippen molar-refractivity contribution < 1.29 is 4.74 Å². The first-order valence-corrected chi connectivity index (χ1v) is 10.2. The molecule has 0 aliphatic carbocycles. The maximum absolute atomic E-state index is 6.21. The van der Waals surface area contributed by atoms with Gasteiger partial charge in [0.05, 0.1) is 13.2 Å². The van der Waals surface area contributed by atoms with Crippen LogP contribution in [0.25, 0.3) is 0 Å². The summed E-state index contributed by atoms with van der Waals surface area (Å²) in [6.45, 7) is 6.21. The third-order valence-corrected chi connectivity index (χ3v) is 5.23. The van der Waals surface area contributed by atoms with Gasteiger partial charge in [0.2, 0.25) is 0 Å². The minimum absolute atomic E-state index is 0. The number of guanidine groups is 1. The Labute approximate surface area is 195 Å². The van der Waals surface area contributed by atoms with E-state index in [1.54, 1.807) is 7.05 Å². The third kappa shape index (κ3) is 8.12. The van der Waals surface area contributed by atoms with Crippen LogP contribution in [-0.4, -0.2) is 50.8 Å². The summed E-state index contributed by atoms with van der Waals surface area (Å²) in [6, 6.07) is 16.7. The van der Waals surface area contributed by atoms with Crippen molar-refractivity contribution in [1.29, 1.82) is 0 Å². The molecular formula is C22H30ClIN4O. The molecule has 158 valence electrons. The number of nitrogens with zero attached hydrogens (tertiary/aromatic N) is 2. The van der Waals surface area contributed by atoms with E-state index in [1.807, 2.05) is 18.2 Å². The predicted molar refractivity (Wildman–Crippen MR) is 131 cm³/mol. The Balaban J connectivity index is 0.00000300. The Hall–Kier alpha value is -1.35. The van der Waals surface area contributed by atoms with Gasteiger partial charge in [0.25, 0.3) is 0 Å². The van der Waals surface area contributed by atoms with Gasteiger partial charge in [-0.2, -0.15) is 0 Å². The van der Waals surface area contributed by atoms with Crippen LogP contribution in [0.3, 0.4) is 0 Å². The fourth-order valence-corrected chi connectivity index (χ4v) is 3.43. The average molecular weight is 529 g/mol. The van der Waals surface area contributed by atoms with Crippen molar-refractivity contribution in [2.75, 3.05) is 39.9 Å². The van der Waals surface area contributed by atoms with E-state index in [9.17, 15) is 0 Å². The molecule has 1 aliphatic rings. The smallest absolute Gasteiger partial charge is 0.191 e. The zero-order valence-electron chi connectivity index (χ0n) is 16.9. The highest BCUT2D eigenvalue weighted by molar-refractivity contribution is 14.0. The lowest BCUT2D eigenvalue weighted by molar-refractivity contribution is 0.0342. The molecule has 1 saturated heterocycles. The van der Waals surface area contributed by atoms with Crippen LogP contribution >= 0.6 is 35.6 Å². The predicted octanol–water partition coefficient (Wildman–Crippen LogP) is 3.70.